The van der Waals surface area contributed by atoms with Crippen LogP contribution in [0.5, 0.6) is 0 Å². The number of nitrogens with two attached hydrogens (primary N) is 1. The molecule has 1 heterocycles. The van der Waals surface area contributed by atoms with E-state index in [1.54, 1.807) is 88.4 Å². The van der Waals surface area contributed by atoms with Gasteiger partial charge in [0.2, 0.25) is 53.2 Å². The number of aliphatic carboxylic acids is 4. The van der Waals surface area contributed by atoms with Gasteiger partial charge in [0, 0.05) is 24.6 Å². The van der Waals surface area contributed by atoms with Crippen molar-refractivity contribution in [3.8, 4) is 0 Å². The Morgan fingerprint density at radius 1 is 0.549 bits per heavy atom. The van der Waals surface area contributed by atoms with Crippen LogP contribution in [0.2, 0.25) is 0 Å². The van der Waals surface area contributed by atoms with Crippen LogP contribution in [-0.4, -0.2) is 175 Å². The number of benzene rings is 2. The minimum Gasteiger partial charge on any atom is -0.481 e. The lowest BCUT2D eigenvalue weighted by molar-refractivity contribution is -0.144. The number of nitrogens with zero attached hydrogens (tertiary/aromatic N) is 1. The number of hydrogen-bond donors (Lipinski definition) is 14. The first-order chi connectivity index (χ1) is 43.2. The van der Waals surface area contributed by atoms with Crippen LogP contribution in [-0.2, 0) is 62.3 Å². The lowest BCUT2D eigenvalue weighted by atomic mass is 9.83. The summed E-state index contributed by atoms with van der Waals surface area (Å²) in [6, 6.07) is 2.62. The third-order valence-electron chi connectivity index (χ3n) is 16.4. The van der Waals surface area contributed by atoms with Crippen LogP contribution in [0.15, 0.2) is 60.7 Å². The Bertz CT molecular complexity index is 2790. The highest BCUT2D eigenvalue weighted by molar-refractivity contribution is 7.80. The zero-order chi connectivity index (χ0) is 67.5. The topological polar surface area (TPSA) is 428 Å². The number of unbranched alkanes of at least 4 members (excludes halogenated alkanes) is 1. The van der Waals surface area contributed by atoms with Gasteiger partial charge in [-0.2, -0.15) is 12.6 Å². The molecule has 2 aromatic rings. The molecule has 2 aromatic carbocycles. The summed E-state index contributed by atoms with van der Waals surface area (Å²) in [5.41, 5.74) is 6.87. The molecule has 2 aliphatic rings. The number of thiol groups is 1. The van der Waals surface area contributed by atoms with E-state index in [0.29, 0.717) is 36.8 Å². The first-order valence-corrected chi connectivity index (χ1v) is 31.9. The standard InChI is InChI=1S/C63H92N10O17S/c1-6-8-25-41(55(81)67-44(33-50(78)79)58(84)69-45(63(89)90)30-35(3)4)66-59(85)47-26-18-29-73(47)62(88)46(34-91)70-57(83)43(31-37-19-12-9-13-20-37)68-60(86)52(36(5)7-2)71-61(87)53(51(38-21-14-10-15-22-38)39-23-16-11-17-24-39)72-56(82)42(27-28-48(74)75)65-54(80)40(64)32-49(76)77/h10-11,14-17,21-24,35-37,40-47,51-53,91H,6-9,12-13,18-20,25-34,64H2,1-5H3,(H,65,80)(H,66,85)(H,67,81)(H,68,86)(H,69,84)(H,70,83)(H,71,87)(H,72,82)(H,74,75)(H,76,77)(H,78,79)(H,89,90)/t36-,40-,41-,42-,43-,44-,45-,46-,47-,52-,53-/m0/s1. The molecular formula is C63H92N10O17S. The lowest BCUT2D eigenvalue weighted by Crippen LogP contribution is -2.62. The van der Waals surface area contributed by atoms with E-state index in [-0.39, 0.29) is 49.8 Å². The maximum absolute atomic E-state index is 15.3. The fraction of sp³-hybridized carbons (Fsp3) is 0.603. The Morgan fingerprint density at radius 2 is 1.05 bits per heavy atom. The molecule has 9 amide bonds. The summed E-state index contributed by atoms with van der Waals surface area (Å²) in [4.78, 5) is 177. The molecule has 1 saturated heterocycles. The normalized spacial score (nSPS) is 17.4. The van der Waals surface area contributed by atoms with E-state index >= 15 is 4.79 Å². The summed E-state index contributed by atoms with van der Waals surface area (Å²) in [6.07, 6.45) is 3.16. The molecule has 2 fully saturated rings. The number of carbonyl (C=O) groups is 13. The Kier molecular flexibility index (Phi) is 31.4. The number of amides is 9. The summed E-state index contributed by atoms with van der Waals surface area (Å²) in [7, 11) is 0. The van der Waals surface area contributed by atoms with Crippen molar-refractivity contribution in [2.75, 3.05) is 12.3 Å². The van der Waals surface area contributed by atoms with Crippen molar-refractivity contribution in [3.63, 3.8) is 0 Å². The van der Waals surface area contributed by atoms with Gasteiger partial charge in [-0.05, 0) is 67.4 Å². The molecule has 1 aliphatic carbocycles. The number of likely N-dealkylation sites (tertiary alicyclic amines) is 1. The molecule has 14 N–H and O–H groups in total. The van der Waals surface area contributed by atoms with Gasteiger partial charge in [-0.25, -0.2) is 4.79 Å². The predicted octanol–water partition coefficient (Wildman–Crippen LogP) is 2.10. The second kappa shape index (κ2) is 37.9. The predicted molar refractivity (Wildman–Crippen MR) is 335 cm³/mol. The van der Waals surface area contributed by atoms with Crippen molar-refractivity contribution in [3.05, 3.63) is 71.8 Å². The maximum atomic E-state index is 15.3. The highest BCUT2D eigenvalue weighted by atomic mass is 32.1. The van der Waals surface area contributed by atoms with Crippen LogP contribution in [0.4, 0.5) is 0 Å². The van der Waals surface area contributed by atoms with Crippen molar-refractivity contribution in [2.45, 2.75) is 210 Å². The molecular weight excluding hydrogens is 1200 g/mol. The van der Waals surface area contributed by atoms with Gasteiger partial charge in [0.1, 0.15) is 54.4 Å². The highest BCUT2D eigenvalue weighted by Crippen LogP contribution is 2.31. The molecule has 0 radical (unpaired) electrons. The summed E-state index contributed by atoms with van der Waals surface area (Å²) in [5, 5.41) is 59.2. The number of hydrogen-bond acceptors (Lipinski definition) is 15. The van der Waals surface area contributed by atoms with Crippen molar-refractivity contribution >= 4 is 89.7 Å². The van der Waals surface area contributed by atoms with Gasteiger partial charge < -0.3 is 73.6 Å². The van der Waals surface area contributed by atoms with Gasteiger partial charge in [0.25, 0.3) is 0 Å². The van der Waals surface area contributed by atoms with Gasteiger partial charge in [-0.15, -0.1) is 0 Å². The molecule has 0 unspecified atom stereocenters. The minimum absolute atomic E-state index is 0.0164. The smallest absolute Gasteiger partial charge is 0.326 e. The van der Waals surface area contributed by atoms with E-state index in [1.807, 2.05) is 6.92 Å². The minimum atomic E-state index is -1.72. The largest absolute Gasteiger partial charge is 0.481 e. The first kappa shape index (κ1) is 75.3. The lowest BCUT2D eigenvalue weighted by Gasteiger charge is -2.34. The van der Waals surface area contributed by atoms with Gasteiger partial charge in [0.05, 0.1) is 18.9 Å². The fourth-order valence-corrected chi connectivity index (χ4v) is 11.5. The van der Waals surface area contributed by atoms with E-state index in [0.717, 1.165) is 32.1 Å². The van der Waals surface area contributed by atoms with Gasteiger partial charge in [0.15, 0.2) is 0 Å². The van der Waals surface area contributed by atoms with Crippen LogP contribution >= 0.6 is 12.6 Å². The van der Waals surface area contributed by atoms with Crippen molar-refractivity contribution < 1.29 is 82.8 Å². The van der Waals surface area contributed by atoms with E-state index in [4.69, 9.17) is 5.73 Å². The van der Waals surface area contributed by atoms with Crippen LogP contribution in [0.25, 0.3) is 0 Å². The van der Waals surface area contributed by atoms with Crippen LogP contribution in [0.1, 0.15) is 161 Å². The first-order valence-electron chi connectivity index (χ1n) is 31.3. The summed E-state index contributed by atoms with van der Waals surface area (Å²) in [6.45, 7) is 8.81. The SMILES string of the molecule is CCCC[C@H](NC(=O)[C@@H]1CCCN1C(=O)[C@H](CS)NC(=O)[C@H](CC1CCCCC1)NC(=O)[C@@H](NC(=O)[C@@H](NC(=O)[C@H](CCC(=O)O)NC(=O)[C@@H](N)CC(=O)O)C(c1ccccc1)c1ccccc1)[C@@H](C)CC)C(=O)N[C@@H](CC(=O)O)C(=O)N[C@@H](CC(C)C)C(=O)O. The fourth-order valence-electron chi connectivity index (χ4n) is 11.3. The third kappa shape index (κ3) is 24.2. The van der Waals surface area contributed by atoms with E-state index in [1.165, 1.54) is 4.90 Å². The average molecular weight is 1290 g/mol. The molecule has 502 valence electrons. The summed E-state index contributed by atoms with van der Waals surface area (Å²) in [5.74, 6) is -15.7. The van der Waals surface area contributed by atoms with Crippen molar-refractivity contribution in [2.24, 2.45) is 23.5 Å². The van der Waals surface area contributed by atoms with Crippen LogP contribution < -0.4 is 48.3 Å². The molecule has 0 spiro atoms. The van der Waals surface area contributed by atoms with Crippen LogP contribution in [0, 0.1) is 17.8 Å². The number of carboxylic acid groups (broad SMARTS) is 4. The van der Waals surface area contributed by atoms with E-state index in [9.17, 15) is 78.0 Å². The number of rotatable bonds is 38. The van der Waals surface area contributed by atoms with Crippen LogP contribution in [0.3, 0.4) is 0 Å². The van der Waals surface area contributed by atoms with Gasteiger partial charge >= 0.3 is 23.9 Å². The molecule has 4 rings (SSSR count). The van der Waals surface area contributed by atoms with E-state index in [2.05, 4.69) is 55.2 Å². The molecule has 11 atom stereocenters. The van der Waals surface area contributed by atoms with Gasteiger partial charge in [-0.3, -0.25) is 57.5 Å². The molecule has 0 bridgehead atoms. The number of carbonyl (C=O) groups excluding carboxylic acids is 9. The van der Waals surface area contributed by atoms with Crippen molar-refractivity contribution in [1.82, 2.24) is 47.4 Å². The average Bonchev–Trinajstić information content (AvgIpc) is 1.86. The maximum Gasteiger partial charge on any atom is 0.326 e. The number of carboxylic acids is 4. The van der Waals surface area contributed by atoms with Crippen molar-refractivity contribution in [1.29, 1.82) is 0 Å². The molecule has 0 aromatic heterocycles. The second-order valence-corrected chi connectivity index (χ2v) is 24.3. The Morgan fingerprint density at radius 3 is 1.59 bits per heavy atom. The Labute approximate surface area is 535 Å². The molecule has 91 heavy (non-hydrogen) atoms. The Balaban J connectivity index is 1.65. The summed E-state index contributed by atoms with van der Waals surface area (Å²) >= 11 is 4.44. The third-order valence-corrected chi connectivity index (χ3v) is 16.8. The zero-order valence-electron chi connectivity index (χ0n) is 52.4. The zero-order valence-corrected chi connectivity index (χ0v) is 53.3. The second-order valence-electron chi connectivity index (χ2n) is 24.0. The summed E-state index contributed by atoms with van der Waals surface area (Å²) < 4.78 is 0. The molecule has 1 saturated carbocycles. The molecule has 27 nitrogen and oxygen atoms in total. The van der Waals surface area contributed by atoms with Gasteiger partial charge in [-0.1, -0.05) is 147 Å². The quantitative estimate of drug-likeness (QED) is 0.0428. The molecule has 1 aliphatic heterocycles. The highest BCUT2D eigenvalue weighted by Gasteiger charge is 2.42. The molecule has 28 heteroatoms. The Hall–Kier alpha value is -8.14. The number of nitrogens with one attached hydrogen (secondary N) is 8. The monoisotopic (exact) mass is 1290 g/mol. The van der Waals surface area contributed by atoms with E-state index < -0.39 is 175 Å².